The standard InChI is InChI=1S/C38H24N4O3S2/c43-34-25-10-3-1-8-23(25)32-30-27(34)13-12-22(36(30)46-41-32)19-39-17-20-6-5-7-21(16-20)18-40-38(45)29-15-14-28-31-33(42-47-37(29)31)24-9-2-4-11-26(24)35(28)44/h1-16,39H,17-19H2,(H,40,45). The van der Waals surface area contributed by atoms with Crippen LogP contribution in [0, 0.1) is 0 Å². The van der Waals surface area contributed by atoms with Crippen molar-refractivity contribution in [3.05, 3.63) is 142 Å². The highest BCUT2D eigenvalue weighted by atomic mass is 32.1. The second kappa shape index (κ2) is 10.9. The Bertz CT molecular complexity index is 2480. The highest BCUT2D eigenvalue weighted by Crippen LogP contribution is 2.43. The van der Waals surface area contributed by atoms with Gasteiger partial charge in [0.25, 0.3) is 5.91 Å². The molecule has 5 aromatic carbocycles. The molecule has 47 heavy (non-hydrogen) atoms. The minimum absolute atomic E-state index is 0.0380. The van der Waals surface area contributed by atoms with Crippen molar-refractivity contribution in [3.63, 3.8) is 0 Å². The van der Waals surface area contributed by atoms with E-state index in [0.717, 1.165) is 64.9 Å². The van der Waals surface area contributed by atoms with Gasteiger partial charge in [-0.15, -0.1) is 0 Å². The number of nitrogens with one attached hydrogen (secondary N) is 2. The van der Waals surface area contributed by atoms with Crippen LogP contribution in [0.2, 0.25) is 0 Å². The van der Waals surface area contributed by atoms with Crippen LogP contribution in [0.15, 0.2) is 97.1 Å². The van der Waals surface area contributed by atoms with E-state index >= 15 is 0 Å². The molecule has 0 saturated carbocycles. The van der Waals surface area contributed by atoms with Gasteiger partial charge in [-0.05, 0) is 58.0 Å². The number of ketones is 2. The molecule has 0 aliphatic heterocycles. The summed E-state index contributed by atoms with van der Waals surface area (Å²) in [5.74, 6) is -0.189. The monoisotopic (exact) mass is 648 g/mol. The van der Waals surface area contributed by atoms with Gasteiger partial charge in [-0.3, -0.25) is 14.4 Å². The normalized spacial score (nSPS) is 12.8. The summed E-state index contributed by atoms with van der Waals surface area (Å²) in [6.45, 7) is 1.63. The van der Waals surface area contributed by atoms with Crippen LogP contribution in [0.1, 0.15) is 58.9 Å². The summed E-state index contributed by atoms with van der Waals surface area (Å²) in [5.41, 5.74) is 9.74. The van der Waals surface area contributed by atoms with E-state index < -0.39 is 0 Å². The fourth-order valence-corrected chi connectivity index (χ4v) is 8.61. The predicted octanol–water partition coefficient (Wildman–Crippen LogP) is 7.55. The number of aromatic nitrogens is 2. The Balaban J connectivity index is 0.890. The number of carbonyl (C=O) groups is 3. The Morgan fingerprint density at radius 1 is 0.574 bits per heavy atom. The summed E-state index contributed by atoms with van der Waals surface area (Å²) >= 11 is 2.70. The zero-order chi connectivity index (χ0) is 31.6. The first-order valence-electron chi connectivity index (χ1n) is 15.3. The molecule has 2 aliphatic carbocycles. The molecule has 226 valence electrons. The fraction of sp³-hybridized carbons (Fsp3) is 0.0789. The molecule has 0 radical (unpaired) electrons. The second-order valence-electron chi connectivity index (χ2n) is 11.8. The minimum atomic E-state index is -0.202. The summed E-state index contributed by atoms with van der Waals surface area (Å²) < 4.78 is 11.2. The van der Waals surface area contributed by atoms with Crippen LogP contribution in [0.4, 0.5) is 0 Å². The van der Waals surface area contributed by atoms with Gasteiger partial charge in [0.15, 0.2) is 11.6 Å². The summed E-state index contributed by atoms with van der Waals surface area (Å²) in [6.07, 6.45) is 0. The summed E-state index contributed by atoms with van der Waals surface area (Å²) in [7, 11) is 0. The quantitative estimate of drug-likeness (QED) is 0.185. The number of benzene rings is 5. The van der Waals surface area contributed by atoms with Crippen LogP contribution in [-0.2, 0) is 19.6 Å². The van der Waals surface area contributed by atoms with Crippen molar-refractivity contribution in [1.82, 2.24) is 19.4 Å². The molecule has 7 aromatic rings. The first-order chi connectivity index (χ1) is 23.1. The highest BCUT2D eigenvalue weighted by Gasteiger charge is 2.30. The van der Waals surface area contributed by atoms with Crippen molar-refractivity contribution in [2.24, 2.45) is 0 Å². The number of rotatable bonds is 7. The third kappa shape index (κ3) is 4.39. The molecule has 2 aromatic heterocycles. The van der Waals surface area contributed by atoms with Gasteiger partial charge in [-0.2, -0.15) is 8.75 Å². The fourth-order valence-electron chi connectivity index (χ4n) is 6.75. The lowest BCUT2D eigenvalue weighted by atomic mass is 9.87. The molecule has 2 N–H and O–H groups in total. The summed E-state index contributed by atoms with van der Waals surface area (Å²) in [5, 5.41) is 8.32. The molecular formula is C38H24N4O3S2. The number of hydrogen-bond acceptors (Lipinski definition) is 8. The van der Waals surface area contributed by atoms with E-state index in [-0.39, 0.29) is 17.5 Å². The Morgan fingerprint density at radius 2 is 1.15 bits per heavy atom. The Kier molecular flexibility index (Phi) is 6.46. The van der Waals surface area contributed by atoms with Gasteiger partial charge >= 0.3 is 0 Å². The highest BCUT2D eigenvalue weighted by molar-refractivity contribution is 7.14. The van der Waals surface area contributed by atoms with E-state index in [1.165, 1.54) is 23.1 Å². The van der Waals surface area contributed by atoms with Crippen LogP contribution in [0.5, 0.6) is 0 Å². The van der Waals surface area contributed by atoms with E-state index in [1.807, 2.05) is 72.8 Å². The maximum atomic E-state index is 13.4. The summed E-state index contributed by atoms with van der Waals surface area (Å²) in [6, 6.07) is 30.7. The zero-order valence-corrected chi connectivity index (χ0v) is 26.4. The minimum Gasteiger partial charge on any atom is -0.348 e. The van der Waals surface area contributed by atoms with Gasteiger partial charge in [0.2, 0.25) is 0 Å². The average Bonchev–Trinajstić information content (AvgIpc) is 3.76. The number of carbonyl (C=O) groups excluding carboxylic acids is 3. The van der Waals surface area contributed by atoms with Gasteiger partial charge < -0.3 is 10.6 Å². The lowest BCUT2D eigenvalue weighted by molar-refractivity contribution is 0.0950. The Labute approximate surface area is 277 Å². The first kappa shape index (κ1) is 27.9. The van der Waals surface area contributed by atoms with Crippen LogP contribution in [-0.4, -0.2) is 26.2 Å². The van der Waals surface area contributed by atoms with Gasteiger partial charge in [-0.25, -0.2) is 0 Å². The molecular weight excluding hydrogens is 625 g/mol. The molecule has 0 fully saturated rings. The smallest absolute Gasteiger partial charge is 0.253 e. The molecule has 9 rings (SSSR count). The van der Waals surface area contributed by atoms with Crippen molar-refractivity contribution in [2.75, 3.05) is 0 Å². The van der Waals surface area contributed by atoms with Crippen molar-refractivity contribution < 1.29 is 14.4 Å². The molecule has 0 bridgehead atoms. The van der Waals surface area contributed by atoms with Gasteiger partial charge in [0.05, 0.1) is 26.4 Å². The molecule has 0 unspecified atom stereocenters. The van der Waals surface area contributed by atoms with Crippen molar-refractivity contribution in [1.29, 1.82) is 0 Å². The van der Waals surface area contributed by atoms with Crippen molar-refractivity contribution >= 4 is 60.7 Å². The lowest BCUT2D eigenvalue weighted by Gasteiger charge is -2.16. The van der Waals surface area contributed by atoms with Crippen LogP contribution in [0.3, 0.4) is 0 Å². The third-order valence-corrected chi connectivity index (χ3v) is 10.8. The number of nitrogens with zero attached hydrogens (tertiary/aromatic N) is 2. The second-order valence-corrected chi connectivity index (χ2v) is 13.3. The van der Waals surface area contributed by atoms with Crippen molar-refractivity contribution in [3.8, 4) is 22.5 Å². The molecule has 2 aliphatic rings. The van der Waals surface area contributed by atoms with E-state index in [2.05, 4.69) is 27.1 Å². The van der Waals surface area contributed by atoms with E-state index in [9.17, 15) is 14.4 Å². The first-order valence-corrected chi connectivity index (χ1v) is 16.8. The predicted molar refractivity (Wildman–Crippen MR) is 185 cm³/mol. The number of hydrogen-bond donors (Lipinski definition) is 2. The maximum absolute atomic E-state index is 13.4. The van der Waals surface area contributed by atoms with Crippen LogP contribution < -0.4 is 10.6 Å². The van der Waals surface area contributed by atoms with Crippen LogP contribution in [0.25, 0.3) is 42.7 Å². The van der Waals surface area contributed by atoms with E-state index in [1.54, 1.807) is 12.1 Å². The Hall–Kier alpha value is -5.35. The maximum Gasteiger partial charge on any atom is 0.253 e. The molecule has 0 atom stereocenters. The average molecular weight is 649 g/mol. The summed E-state index contributed by atoms with van der Waals surface area (Å²) in [4.78, 5) is 39.7. The van der Waals surface area contributed by atoms with Gasteiger partial charge in [-0.1, -0.05) is 78.9 Å². The molecule has 7 nitrogen and oxygen atoms in total. The van der Waals surface area contributed by atoms with Gasteiger partial charge in [0, 0.05) is 63.8 Å². The topological polar surface area (TPSA) is 101 Å². The molecule has 9 heteroatoms. The SMILES string of the molecule is O=C(NCc1cccc(CNCc2ccc3c4c(nsc24)-c2ccccc2C3=O)c1)c1ccc2c3c(nsc13)-c1ccccc1C2=O. The molecule has 0 saturated heterocycles. The Morgan fingerprint density at radius 3 is 1.83 bits per heavy atom. The zero-order valence-electron chi connectivity index (χ0n) is 24.8. The third-order valence-electron chi connectivity index (χ3n) is 9.00. The molecule has 2 heterocycles. The van der Waals surface area contributed by atoms with Crippen LogP contribution >= 0.6 is 23.1 Å². The number of amides is 1. The van der Waals surface area contributed by atoms with E-state index in [4.69, 9.17) is 4.37 Å². The van der Waals surface area contributed by atoms with Gasteiger partial charge in [0.1, 0.15) is 0 Å². The largest absolute Gasteiger partial charge is 0.348 e. The van der Waals surface area contributed by atoms with Crippen molar-refractivity contribution in [2.45, 2.75) is 19.6 Å². The van der Waals surface area contributed by atoms with E-state index in [0.29, 0.717) is 41.9 Å². The number of fused-ring (bicyclic) bond motifs is 4. The molecule has 1 amide bonds. The molecule has 0 spiro atoms. The lowest BCUT2D eigenvalue weighted by Crippen LogP contribution is -2.23.